The minimum Gasteiger partial charge on any atom is -0.399 e. The van der Waals surface area contributed by atoms with Crippen molar-refractivity contribution >= 4 is 5.69 Å². The van der Waals surface area contributed by atoms with Gasteiger partial charge in [0.2, 0.25) is 0 Å². The van der Waals surface area contributed by atoms with Gasteiger partial charge in [-0.05, 0) is 69.8 Å². The zero-order valence-corrected chi connectivity index (χ0v) is 11.0. The monoisotopic (exact) mass is 232 g/mol. The van der Waals surface area contributed by atoms with Gasteiger partial charge in [0.25, 0.3) is 0 Å². The summed E-state index contributed by atoms with van der Waals surface area (Å²) < 4.78 is 0. The van der Waals surface area contributed by atoms with Gasteiger partial charge in [-0.2, -0.15) is 0 Å². The largest absolute Gasteiger partial charge is 0.399 e. The van der Waals surface area contributed by atoms with E-state index in [4.69, 9.17) is 5.73 Å². The number of benzene rings is 1. The number of aryl methyl sites for hydroxylation is 1. The van der Waals surface area contributed by atoms with Gasteiger partial charge in [0.1, 0.15) is 0 Å². The molecule has 1 aliphatic carbocycles. The first kappa shape index (κ1) is 12.4. The van der Waals surface area contributed by atoms with Crippen LogP contribution >= 0.6 is 0 Å². The van der Waals surface area contributed by atoms with Crippen LogP contribution in [-0.4, -0.2) is 24.5 Å². The number of rotatable bonds is 6. The molecule has 2 N–H and O–H groups in total. The molecular weight excluding hydrogens is 208 g/mol. The summed E-state index contributed by atoms with van der Waals surface area (Å²) in [5.74, 6) is 0.965. The van der Waals surface area contributed by atoms with Gasteiger partial charge in [-0.3, -0.25) is 0 Å². The summed E-state index contributed by atoms with van der Waals surface area (Å²) >= 11 is 0. The van der Waals surface area contributed by atoms with Crippen LogP contribution in [0.4, 0.5) is 5.69 Å². The summed E-state index contributed by atoms with van der Waals surface area (Å²) in [4.78, 5) is 2.50. The topological polar surface area (TPSA) is 29.3 Å². The Labute approximate surface area is 105 Å². The highest BCUT2D eigenvalue weighted by atomic mass is 15.1. The van der Waals surface area contributed by atoms with Crippen molar-refractivity contribution in [3.05, 3.63) is 29.8 Å². The first-order valence-corrected chi connectivity index (χ1v) is 6.71. The lowest BCUT2D eigenvalue weighted by molar-refractivity contribution is 0.232. The van der Waals surface area contributed by atoms with Crippen molar-refractivity contribution in [1.82, 2.24) is 4.90 Å². The summed E-state index contributed by atoms with van der Waals surface area (Å²) in [5, 5.41) is 0. The highest BCUT2D eigenvalue weighted by Crippen LogP contribution is 2.34. The zero-order chi connectivity index (χ0) is 12.3. The van der Waals surface area contributed by atoms with Crippen molar-refractivity contribution < 1.29 is 0 Å². The molecule has 0 saturated heterocycles. The second-order valence-electron chi connectivity index (χ2n) is 5.41. The van der Waals surface area contributed by atoms with E-state index in [1.54, 1.807) is 0 Å². The number of hydrogen-bond acceptors (Lipinski definition) is 2. The SMILES string of the molecule is CC(C1CC1)N(C)CCCc1cccc(N)c1. The Balaban J connectivity index is 1.71. The smallest absolute Gasteiger partial charge is 0.0316 e. The Hall–Kier alpha value is -1.02. The maximum Gasteiger partial charge on any atom is 0.0316 e. The van der Waals surface area contributed by atoms with Crippen molar-refractivity contribution in [3.63, 3.8) is 0 Å². The van der Waals surface area contributed by atoms with E-state index in [2.05, 4.69) is 31.0 Å². The standard InChI is InChI=1S/C15H24N2/c1-12(14-8-9-14)17(2)10-4-6-13-5-3-7-15(16)11-13/h3,5,7,11-12,14H,4,6,8-10,16H2,1-2H3. The van der Waals surface area contributed by atoms with Crippen LogP contribution in [0.5, 0.6) is 0 Å². The summed E-state index contributed by atoms with van der Waals surface area (Å²) in [5.41, 5.74) is 8.01. The van der Waals surface area contributed by atoms with Gasteiger partial charge in [0.05, 0.1) is 0 Å². The number of anilines is 1. The van der Waals surface area contributed by atoms with Crippen LogP contribution < -0.4 is 5.73 Å². The molecule has 1 unspecified atom stereocenters. The lowest BCUT2D eigenvalue weighted by atomic mass is 10.1. The molecule has 0 spiro atoms. The Morgan fingerprint density at radius 2 is 2.18 bits per heavy atom. The van der Waals surface area contributed by atoms with E-state index in [0.29, 0.717) is 0 Å². The predicted octanol–water partition coefficient (Wildman–Crippen LogP) is 2.93. The Kier molecular flexibility index (Phi) is 4.06. The van der Waals surface area contributed by atoms with Crippen LogP contribution in [0.1, 0.15) is 31.7 Å². The lowest BCUT2D eigenvalue weighted by Gasteiger charge is -2.24. The van der Waals surface area contributed by atoms with Gasteiger partial charge in [-0.15, -0.1) is 0 Å². The predicted molar refractivity (Wildman–Crippen MR) is 74.0 cm³/mol. The summed E-state index contributed by atoms with van der Waals surface area (Å²) in [6.07, 6.45) is 5.21. The highest BCUT2D eigenvalue weighted by molar-refractivity contribution is 5.40. The van der Waals surface area contributed by atoms with E-state index < -0.39 is 0 Å². The van der Waals surface area contributed by atoms with Crippen molar-refractivity contribution in [1.29, 1.82) is 0 Å². The van der Waals surface area contributed by atoms with Gasteiger partial charge >= 0.3 is 0 Å². The van der Waals surface area contributed by atoms with Crippen LogP contribution in [-0.2, 0) is 6.42 Å². The fraction of sp³-hybridized carbons (Fsp3) is 0.600. The first-order valence-electron chi connectivity index (χ1n) is 6.71. The molecule has 1 aromatic rings. The quantitative estimate of drug-likeness (QED) is 0.764. The minimum absolute atomic E-state index is 0.760. The fourth-order valence-electron chi connectivity index (χ4n) is 2.42. The Morgan fingerprint density at radius 3 is 2.82 bits per heavy atom. The summed E-state index contributed by atoms with van der Waals surface area (Å²) in [6.45, 7) is 3.55. The van der Waals surface area contributed by atoms with Gasteiger partial charge in [-0.25, -0.2) is 0 Å². The van der Waals surface area contributed by atoms with Crippen LogP contribution in [0, 0.1) is 5.92 Å². The maximum absolute atomic E-state index is 5.78. The second-order valence-corrected chi connectivity index (χ2v) is 5.41. The third-order valence-electron chi connectivity index (χ3n) is 3.93. The molecule has 2 heteroatoms. The Morgan fingerprint density at radius 1 is 1.41 bits per heavy atom. The molecule has 2 nitrogen and oxygen atoms in total. The number of hydrogen-bond donors (Lipinski definition) is 1. The van der Waals surface area contributed by atoms with Crippen molar-refractivity contribution in [2.75, 3.05) is 19.3 Å². The minimum atomic E-state index is 0.760. The average molecular weight is 232 g/mol. The molecule has 1 aliphatic rings. The molecule has 1 atom stereocenters. The lowest BCUT2D eigenvalue weighted by Crippen LogP contribution is -2.31. The third kappa shape index (κ3) is 3.74. The van der Waals surface area contributed by atoms with E-state index in [1.165, 1.54) is 31.4 Å². The van der Waals surface area contributed by atoms with Gasteiger partial charge in [-0.1, -0.05) is 12.1 Å². The molecule has 0 heterocycles. The highest BCUT2D eigenvalue weighted by Gasteiger charge is 2.29. The normalized spacial score (nSPS) is 17.4. The summed E-state index contributed by atoms with van der Waals surface area (Å²) in [7, 11) is 2.25. The number of nitrogens with two attached hydrogens (primary N) is 1. The molecule has 0 amide bonds. The van der Waals surface area contributed by atoms with Crippen molar-refractivity contribution in [2.24, 2.45) is 5.92 Å². The van der Waals surface area contributed by atoms with Gasteiger partial charge in [0, 0.05) is 11.7 Å². The zero-order valence-electron chi connectivity index (χ0n) is 11.0. The van der Waals surface area contributed by atoms with Crippen LogP contribution in [0.25, 0.3) is 0 Å². The van der Waals surface area contributed by atoms with E-state index in [9.17, 15) is 0 Å². The van der Waals surface area contributed by atoms with Gasteiger partial charge in [0.15, 0.2) is 0 Å². The molecule has 2 rings (SSSR count). The molecule has 94 valence electrons. The molecule has 1 aromatic carbocycles. The fourth-order valence-corrected chi connectivity index (χ4v) is 2.42. The second kappa shape index (κ2) is 5.54. The number of nitrogens with zero attached hydrogens (tertiary/aromatic N) is 1. The van der Waals surface area contributed by atoms with Crippen molar-refractivity contribution in [2.45, 2.75) is 38.6 Å². The van der Waals surface area contributed by atoms with E-state index in [1.807, 2.05) is 12.1 Å². The summed E-state index contributed by atoms with van der Waals surface area (Å²) in [6, 6.07) is 9.01. The third-order valence-corrected chi connectivity index (χ3v) is 3.93. The molecule has 0 bridgehead atoms. The molecule has 17 heavy (non-hydrogen) atoms. The van der Waals surface area contributed by atoms with Crippen LogP contribution in [0.2, 0.25) is 0 Å². The van der Waals surface area contributed by atoms with Crippen LogP contribution in [0.3, 0.4) is 0 Å². The molecule has 1 fully saturated rings. The van der Waals surface area contributed by atoms with Crippen molar-refractivity contribution in [3.8, 4) is 0 Å². The molecule has 1 saturated carbocycles. The molecular formula is C15H24N2. The molecule has 0 aliphatic heterocycles. The van der Waals surface area contributed by atoms with E-state index >= 15 is 0 Å². The maximum atomic E-state index is 5.78. The van der Waals surface area contributed by atoms with Gasteiger partial charge < -0.3 is 10.6 Å². The first-order chi connectivity index (χ1) is 8.16. The average Bonchev–Trinajstić information content (AvgIpc) is 3.12. The van der Waals surface area contributed by atoms with E-state index in [0.717, 1.165) is 24.1 Å². The number of nitrogen functional groups attached to an aromatic ring is 1. The van der Waals surface area contributed by atoms with E-state index in [-0.39, 0.29) is 0 Å². The Bertz CT molecular complexity index is 358. The van der Waals surface area contributed by atoms with Crippen LogP contribution in [0.15, 0.2) is 24.3 Å². The molecule has 0 radical (unpaired) electrons. The molecule has 0 aromatic heterocycles.